The number of rotatable bonds is 2. The highest BCUT2D eigenvalue weighted by molar-refractivity contribution is 5.66. The molecule has 0 saturated heterocycles. The summed E-state index contributed by atoms with van der Waals surface area (Å²) in [6.07, 6.45) is 6.68. The molecule has 18 heavy (non-hydrogen) atoms. The second-order valence-electron chi connectivity index (χ2n) is 4.43. The molecule has 0 spiro atoms. The highest BCUT2D eigenvalue weighted by Gasteiger charge is 2.11. The second kappa shape index (κ2) is 4.26. The predicted octanol–water partition coefficient (Wildman–Crippen LogP) is 3.27. The van der Waals surface area contributed by atoms with E-state index in [2.05, 4.69) is 41.6 Å². The van der Waals surface area contributed by atoms with Gasteiger partial charge in [0.05, 0.1) is 11.4 Å². The number of aryl methyl sites for hydroxylation is 2. The Balaban J connectivity index is 2.29. The van der Waals surface area contributed by atoms with Crippen LogP contribution in [0.25, 0.3) is 16.9 Å². The molecule has 0 fully saturated rings. The van der Waals surface area contributed by atoms with Crippen LogP contribution >= 0.6 is 0 Å². The predicted molar refractivity (Wildman–Crippen MR) is 72.5 cm³/mol. The van der Waals surface area contributed by atoms with Gasteiger partial charge in [-0.05, 0) is 43.2 Å². The Morgan fingerprint density at radius 3 is 2.67 bits per heavy atom. The van der Waals surface area contributed by atoms with Crippen LogP contribution in [0.5, 0.6) is 0 Å². The van der Waals surface area contributed by atoms with Gasteiger partial charge in [0.25, 0.3) is 0 Å². The SMILES string of the molecule is CCc1c(-c2ccncc2)nc2cc(C)ccn12. The standard InChI is InChI=1S/C15H15N3/c1-3-13-15(12-4-7-16-8-5-12)17-14-10-11(2)6-9-18(13)14/h4-10H,3H2,1-2H3. The minimum Gasteiger partial charge on any atom is -0.303 e. The van der Waals surface area contributed by atoms with Crippen LogP contribution in [0, 0.1) is 6.92 Å². The number of nitrogens with zero attached hydrogens (tertiary/aromatic N) is 3. The lowest BCUT2D eigenvalue weighted by Gasteiger charge is -2.02. The molecule has 3 aromatic rings. The van der Waals surface area contributed by atoms with Gasteiger partial charge in [-0.2, -0.15) is 0 Å². The molecule has 0 aromatic carbocycles. The van der Waals surface area contributed by atoms with Crippen molar-refractivity contribution < 1.29 is 0 Å². The average Bonchev–Trinajstić information content (AvgIpc) is 2.77. The number of aromatic nitrogens is 3. The Morgan fingerprint density at radius 1 is 1.17 bits per heavy atom. The summed E-state index contributed by atoms with van der Waals surface area (Å²) < 4.78 is 2.17. The summed E-state index contributed by atoms with van der Waals surface area (Å²) >= 11 is 0. The van der Waals surface area contributed by atoms with E-state index in [0.717, 1.165) is 23.3 Å². The van der Waals surface area contributed by atoms with E-state index >= 15 is 0 Å². The van der Waals surface area contributed by atoms with Gasteiger partial charge in [0.2, 0.25) is 0 Å². The molecule has 0 amide bonds. The first-order valence-corrected chi connectivity index (χ1v) is 6.17. The summed E-state index contributed by atoms with van der Waals surface area (Å²) in [5.74, 6) is 0. The molecular formula is C15H15N3. The summed E-state index contributed by atoms with van der Waals surface area (Å²) in [6.45, 7) is 4.25. The van der Waals surface area contributed by atoms with Crippen molar-refractivity contribution in [2.45, 2.75) is 20.3 Å². The maximum Gasteiger partial charge on any atom is 0.137 e. The molecule has 0 radical (unpaired) electrons. The van der Waals surface area contributed by atoms with Crippen LogP contribution in [0.3, 0.4) is 0 Å². The lowest BCUT2D eigenvalue weighted by Crippen LogP contribution is -1.92. The van der Waals surface area contributed by atoms with Crippen molar-refractivity contribution in [3.05, 3.63) is 54.1 Å². The van der Waals surface area contributed by atoms with Gasteiger partial charge >= 0.3 is 0 Å². The second-order valence-corrected chi connectivity index (χ2v) is 4.43. The van der Waals surface area contributed by atoms with E-state index in [-0.39, 0.29) is 0 Å². The summed E-state index contributed by atoms with van der Waals surface area (Å²) in [4.78, 5) is 8.81. The van der Waals surface area contributed by atoms with Crippen molar-refractivity contribution in [1.29, 1.82) is 0 Å². The quantitative estimate of drug-likeness (QED) is 0.684. The molecule has 0 unspecified atom stereocenters. The molecule has 90 valence electrons. The van der Waals surface area contributed by atoms with Crippen molar-refractivity contribution in [1.82, 2.24) is 14.4 Å². The molecule has 3 heterocycles. The highest BCUT2D eigenvalue weighted by atomic mass is 15.0. The fourth-order valence-electron chi connectivity index (χ4n) is 2.28. The topological polar surface area (TPSA) is 30.2 Å². The minimum atomic E-state index is 0.960. The lowest BCUT2D eigenvalue weighted by molar-refractivity contribution is 0.995. The van der Waals surface area contributed by atoms with Gasteiger partial charge in [-0.3, -0.25) is 4.98 Å². The highest BCUT2D eigenvalue weighted by Crippen LogP contribution is 2.24. The summed E-state index contributed by atoms with van der Waals surface area (Å²) in [6, 6.07) is 8.25. The number of hydrogen-bond donors (Lipinski definition) is 0. The zero-order valence-electron chi connectivity index (χ0n) is 10.6. The van der Waals surface area contributed by atoms with E-state index in [1.54, 1.807) is 0 Å². The fourth-order valence-corrected chi connectivity index (χ4v) is 2.28. The van der Waals surface area contributed by atoms with Crippen LogP contribution in [0.1, 0.15) is 18.2 Å². The van der Waals surface area contributed by atoms with E-state index in [1.165, 1.54) is 11.3 Å². The van der Waals surface area contributed by atoms with Crippen molar-refractivity contribution in [3.63, 3.8) is 0 Å². The van der Waals surface area contributed by atoms with Gasteiger partial charge in [-0.25, -0.2) is 4.98 Å². The Labute approximate surface area is 106 Å². The molecule has 3 heteroatoms. The molecule has 0 aliphatic rings. The van der Waals surface area contributed by atoms with Gasteiger partial charge in [0, 0.05) is 24.2 Å². The van der Waals surface area contributed by atoms with E-state index in [9.17, 15) is 0 Å². The first-order valence-electron chi connectivity index (χ1n) is 6.17. The Morgan fingerprint density at radius 2 is 1.94 bits per heavy atom. The largest absolute Gasteiger partial charge is 0.303 e. The molecular weight excluding hydrogens is 222 g/mol. The van der Waals surface area contributed by atoms with Crippen molar-refractivity contribution in [2.75, 3.05) is 0 Å². The van der Waals surface area contributed by atoms with E-state index in [1.807, 2.05) is 24.5 Å². The molecule has 0 aliphatic carbocycles. The van der Waals surface area contributed by atoms with Crippen LogP contribution in [0.4, 0.5) is 0 Å². The molecule has 3 rings (SSSR count). The number of hydrogen-bond acceptors (Lipinski definition) is 2. The molecule has 0 bridgehead atoms. The van der Waals surface area contributed by atoms with Gasteiger partial charge in [0.1, 0.15) is 5.65 Å². The molecule has 0 N–H and O–H groups in total. The third-order valence-corrected chi connectivity index (χ3v) is 3.17. The smallest absolute Gasteiger partial charge is 0.137 e. The number of imidazole rings is 1. The molecule has 0 aliphatic heterocycles. The minimum absolute atomic E-state index is 0.960. The van der Waals surface area contributed by atoms with E-state index in [4.69, 9.17) is 4.98 Å². The van der Waals surface area contributed by atoms with Crippen LogP contribution in [0.2, 0.25) is 0 Å². The van der Waals surface area contributed by atoms with E-state index < -0.39 is 0 Å². The fraction of sp³-hybridized carbons (Fsp3) is 0.200. The van der Waals surface area contributed by atoms with Gasteiger partial charge in [0.15, 0.2) is 0 Å². The van der Waals surface area contributed by atoms with Crippen LogP contribution in [-0.4, -0.2) is 14.4 Å². The van der Waals surface area contributed by atoms with Crippen LogP contribution in [-0.2, 0) is 6.42 Å². The zero-order valence-corrected chi connectivity index (χ0v) is 10.6. The monoisotopic (exact) mass is 237 g/mol. The van der Waals surface area contributed by atoms with Crippen molar-refractivity contribution in [3.8, 4) is 11.3 Å². The van der Waals surface area contributed by atoms with Gasteiger partial charge < -0.3 is 4.40 Å². The summed E-state index contributed by atoms with van der Waals surface area (Å²) in [5, 5.41) is 0. The number of pyridine rings is 2. The van der Waals surface area contributed by atoms with Crippen LogP contribution < -0.4 is 0 Å². The average molecular weight is 237 g/mol. The summed E-state index contributed by atoms with van der Waals surface area (Å²) in [7, 11) is 0. The molecule has 3 aromatic heterocycles. The Bertz CT molecular complexity index is 684. The van der Waals surface area contributed by atoms with Crippen molar-refractivity contribution in [2.24, 2.45) is 0 Å². The molecule has 0 saturated carbocycles. The normalized spacial score (nSPS) is 11.0. The summed E-state index contributed by atoms with van der Waals surface area (Å²) in [5.41, 5.74) is 5.68. The first kappa shape index (κ1) is 11.0. The number of fused-ring (bicyclic) bond motifs is 1. The van der Waals surface area contributed by atoms with Crippen molar-refractivity contribution >= 4 is 5.65 Å². The van der Waals surface area contributed by atoms with E-state index in [0.29, 0.717) is 0 Å². The lowest BCUT2D eigenvalue weighted by atomic mass is 10.1. The van der Waals surface area contributed by atoms with Gasteiger partial charge in [-0.15, -0.1) is 0 Å². The third-order valence-electron chi connectivity index (χ3n) is 3.17. The maximum atomic E-state index is 4.75. The third kappa shape index (κ3) is 1.68. The van der Waals surface area contributed by atoms with Crippen LogP contribution in [0.15, 0.2) is 42.9 Å². The Kier molecular flexibility index (Phi) is 2.59. The zero-order chi connectivity index (χ0) is 12.5. The molecule has 3 nitrogen and oxygen atoms in total. The molecule has 0 atom stereocenters. The first-order chi connectivity index (χ1) is 8.79. The maximum absolute atomic E-state index is 4.75. The Hall–Kier alpha value is -2.16. The van der Waals surface area contributed by atoms with Gasteiger partial charge in [-0.1, -0.05) is 6.92 Å².